The van der Waals surface area contributed by atoms with Crippen LogP contribution in [0, 0.1) is 0 Å². The van der Waals surface area contributed by atoms with Gasteiger partial charge in [-0.2, -0.15) is 0 Å². The molecule has 25 heavy (non-hydrogen) atoms. The van der Waals surface area contributed by atoms with Gasteiger partial charge in [0.15, 0.2) is 5.96 Å². The van der Waals surface area contributed by atoms with E-state index >= 15 is 0 Å². The lowest BCUT2D eigenvalue weighted by Crippen LogP contribution is -2.42. The number of aromatic nitrogens is 1. The van der Waals surface area contributed by atoms with E-state index in [0.717, 1.165) is 37.8 Å². The van der Waals surface area contributed by atoms with Gasteiger partial charge in [-0.15, -0.1) is 24.0 Å². The Hall–Kier alpha value is -0.830. The molecule has 0 fully saturated rings. The van der Waals surface area contributed by atoms with E-state index in [4.69, 9.17) is 4.42 Å². The van der Waals surface area contributed by atoms with E-state index in [1.165, 1.54) is 0 Å². The fraction of sp³-hybridized carbons (Fsp3) is 0.778. The van der Waals surface area contributed by atoms with Gasteiger partial charge in [-0.3, -0.25) is 0 Å². The number of guanidine groups is 1. The van der Waals surface area contributed by atoms with Gasteiger partial charge < -0.3 is 20.0 Å². The summed E-state index contributed by atoms with van der Waals surface area (Å²) >= 11 is 0. The Kier molecular flexibility index (Phi) is 11.3. The molecule has 0 aliphatic heterocycles. The van der Waals surface area contributed by atoms with Crippen molar-refractivity contribution < 1.29 is 4.42 Å². The average molecular weight is 465 g/mol. The van der Waals surface area contributed by atoms with E-state index in [2.05, 4.69) is 74.1 Å². The van der Waals surface area contributed by atoms with Gasteiger partial charge in [0.25, 0.3) is 0 Å². The first-order chi connectivity index (χ1) is 11.3. The number of nitrogens with zero attached hydrogens (tertiary/aromatic N) is 3. The van der Waals surface area contributed by atoms with Crippen LogP contribution in [-0.2, 0) is 12.0 Å². The maximum Gasteiger partial charge on any atom is 0.216 e. The summed E-state index contributed by atoms with van der Waals surface area (Å²) in [5.74, 6) is 2.33. The van der Waals surface area contributed by atoms with Crippen LogP contribution in [0.15, 0.2) is 15.6 Å². The largest absolute Gasteiger partial charge is 0.443 e. The average Bonchev–Trinajstić information content (AvgIpc) is 3.00. The van der Waals surface area contributed by atoms with Gasteiger partial charge in [0.1, 0.15) is 12.3 Å². The van der Waals surface area contributed by atoms with Crippen LogP contribution in [0.5, 0.6) is 0 Å². The normalized spacial score (nSPS) is 13.5. The van der Waals surface area contributed by atoms with Crippen LogP contribution >= 0.6 is 24.0 Å². The molecule has 6 nitrogen and oxygen atoms in total. The summed E-state index contributed by atoms with van der Waals surface area (Å²) in [5.41, 5.74) is -0.0295. The molecule has 2 N–H and O–H groups in total. The maximum atomic E-state index is 5.78. The Balaban J connectivity index is 0.00000576. The fourth-order valence-electron chi connectivity index (χ4n) is 2.10. The fourth-order valence-corrected chi connectivity index (χ4v) is 2.10. The number of halogens is 1. The van der Waals surface area contributed by atoms with E-state index in [0.29, 0.717) is 18.5 Å². The van der Waals surface area contributed by atoms with Crippen LogP contribution in [0.2, 0.25) is 0 Å². The number of oxazole rings is 1. The summed E-state index contributed by atoms with van der Waals surface area (Å²) in [6.07, 6.45) is 2.96. The third-order valence-electron chi connectivity index (χ3n) is 4.11. The maximum absolute atomic E-state index is 5.78. The van der Waals surface area contributed by atoms with Crippen LogP contribution < -0.4 is 10.6 Å². The highest BCUT2D eigenvalue weighted by Crippen LogP contribution is 2.22. The lowest BCUT2D eigenvalue weighted by Gasteiger charge is -2.23. The van der Waals surface area contributed by atoms with Crippen molar-refractivity contribution in [2.45, 2.75) is 66.0 Å². The minimum absolute atomic E-state index is 0. The predicted octanol–water partition coefficient (Wildman–Crippen LogP) is 3.38. The molecule has 0 spiro atoms. The van der Waals surface area contributed by atoms with Crippen molar-refractivity contribution in [3.63, 3.8) is 0 Å². The van der Waals surface area contributed by atoms with Gasteiger partial charge in [-0.25, -0.2) is 9.98 Å². The summed E-state index contributed by atoms with van der Waals surface area (Å²) in [7, 11) is 2.15. The predicted molar refractivity (Wildman–Crippen MR) is 116 cm³/mol. The molecule has 0 bridgehead atoms. The molecule has 1 atom stereocenters. The van der Waals surface area contributed by atoms with Gasteiger partial charge >= 0.3 is 0 Å². The first-order valence-corrected chi connectivity index (χ1v) is 8.95. The number of likely N-dealkylation sites (N-methyl/N-ethyl adjacent to an activating group) is 1. The summed E-state index contributed by atoms with van der Waals surface area (Å²) in [6.45, 7) is 15.9. The van der Waals surface area contributed by atoms with Crippen molar-refractivity contribution in [1.29, 1.82) is 0 Å². The second-order valence-electron chi connectivity index (χ2n) is 7.23. The first-order valence-electron chi connectivity index (χ1n) is 8.95. The van der Waals surface area contributed by atoms with Crippen LogP contribution in [-0.4, -0.2) is 48.6 Å². The van der Waals surface area contributed by atoms with E-state index in [9.17, 15) is 0 Å². The van der Waals surface area contributed by atoms with Crippen LogP contribution in [0.25, 0.3) is 0 Å². The third-order valence-corrected chi connectivity index (χ3v) is 4.11. The molecular formula is C18H36IN5O. The minimum Gasteiger partial charge on any atom is -0.443 e. The zero-order valence-electron chi connectivity index (χ0n) is 16.8. The molecule has 0 aliphatic rings. The Morgan fingerprint density at radius 2 is 2.00 bits per heavy atom. The quantitative estimate of drug-likeness (QED) is 0.350. The van der Waals surface area contributed by atoms with Crippen molar-refractivity contribution in [2.24, 2.45) is 4.99 Å². The number of rotatable bonds is 8. The van der Waals surface area contributed by atoms with Gasteiger partial charge in [0, 0.05) is 31.1 Å². The Labute approximate surface area is 170 Å². The molecule has 0 aromatic carbocycles. The molecule has 0 saturated carbocycles. The van der Waals surface area contributed by atoms with Gasteiger partial charge in [0.2, 0.25) is 5.89 Å². The summed E-state index contributed by atoms with van der Waals surface area (Å²) in [6, 6.07) is 0.592. The Bertz CT molecular complexity index is 510. The lowest BCUT2D eigenvalue weighted by atomic mass is 9.94. The molecule has 0 radical (unpaired) electrons. The molecular weight excluding hydrogens is 429 g/mol. The highest BCUT2D eigenvalue weighted by Gasteiger charge is 2.19. The van der Waals surface area contributed by atoms with Gasteiger partial charge in [-0.1, -0.05) is 27.7 Å². The Morgan fingerprint density at radius 3 is 2.52 bits per heavy atom. The number of nitrogens with one attached hydrogen (secondary N) is 2. The zero-order chi connectivity index (χ0) is 18.2. The molecule has 1 aromatic rings. The Morgan fingerprint density at radius 1 is 1.32 bits per heavy atom. The lowest BCUT2D eigenvalue weighted by molar-refractivity contribution is 0.255. The monoisotopic (exact) mass is 465 g/mol. The standard InChI is InChI=1S/C18H35N5O.HI/c1-8-14(3)23(7)11-10-20-17(19-9-2)22-13-16-21-12-15(24-16)18(4,5)6;/h12,14H,8-11,13H2,1-7H3,(H2,19,20,22);1H. The van der Waals surface area contributed by atoms with Crippen LogP contribution in [0.3, 0.4) is 0 Å². The summed E-state index contributed by atoms with van der Waals surface area (Å²) < 4.78 is 5.78. The van der Waals surface area contributed by atoms with Crippen LogP contribution in [0.1, 0.15) is 59.6 Å². The molecule has 146 valence electrons. The van der Waals surface area contributed by atoms with E-state index in [1.807, 2.05) is 0 Å². The second kappa shape index (κ2) is 11.7. The summed E-state index contributed by atoms with van der Waals surface area (Å²) in [4.78, 5) is 11.2. The molecule has 1 rings (SSSR count). The van der Waals surface area contributed by atoms with E-state index in [-0.39, 0.29) is 29.4 Å². The second-order valence-corrected chi connectivity index (χ2v) is 7.23. The third kappa shape index (κ3) is 8.89. The van der Waals surface area contributed by atoms with Gasteiger partial charge in [-0.05, 0) is 27.3 Å². The van der Waals surface area contributed by atoms with Crippen molar-refractivity contribution in [2.75, 3.05) is 26.7 Å². The molecule has 0 aliphatic carbocycles. The minimum atomic E-state index is -0.0295. The SMILES string of the molecule is CCNC(=NCc1ncc(C(C)(C)C)o1)NCCN(C)C(C)CC.I. The van der Waals surface area contributed by atoms with Crippen molar-refractivity contribution in [3.05, 3.63) is 17.8 Å². The van der Waals surface area contributed by atoms with Gasteiger partial charge in [0.05, 0.1) is 6.20 Å². The first kappa shape index (κ1) is 24.2. The number of hydrogen-bond donors (Lipinski definition) is 2. The van der Waals surface area contributed by atoms with E-state index in [1.54, 1.807) is 6.20 Å². The molecule has 1 aromatic heterocycles. The van der Waals surface area contributed by atoms with Crippen LogP contribution in [0.4, 0.5) is 0 Å². The van der Waals surface area contributed by atoms with Crippen molar-refractivity contribution >= 4 is 29.9 Å². The summed E-state index contributed by atoms with van der Waals surface area (Å²) in [5, 5.41) is 6.62. The molecule has 1 heterocycles. The number of hydrogen-bond acceptors (Lipinski definition) is 4. The zero-order valence-corrected chi connectivity index (χ0v) is 19.2. The molecule has 7 heteroatoms. The topological polar surface area (TPSA) is 65.7 Å². The smallest absolute Gasteiger partial charge is 0.216 e. The molecule has 0 amide bonds. The van der Waals surface area contributed by atoms with Crippen molar-refractivity contribution in [3.8, 4) is 0 Å². The number of aliphatic imine (C=N–C) groups is 1. The van der Waals surface area contributed by atoms with E-state index < -0.39 is 0 Å². The molecule has 1 unspecified atom stereocenters. The highest BCUT2D eigenvalue weighted by atomic mass is 127. The highest BCUT2D eigenvalue weighted by molar-refractivity contribution is 14.0. The molecule has 0 saturated heterocycles. The van der Waals surface area contributed by atoms with Crippen molar-refractivity contribution in [1.82, 2.24) is 20.5 Å².